The highest BCUT2D eigenvalue weighted by atomic mass is 19.1. The van der Waals surface area contributed by atoms with Crippen LogP contribution in [0.5, 0.6) is 0 Å². The second kappa shape index (κ2) is 5.76. The summed E-state index contributed by atoms with van der Waals surface area (Å²) in [5, 5.41) is 0. The summed E-state index contributed by atoms with van der Waals surface area (Å²) in [6, 6.07) is 2.86. The fourth-order valence-electron chi connectivity index (χ4n) is 2.09. The van der Waals surface area contributed by atoms with Gasteiger partial charge in [0, 0.05) is 13.0 Å². The van der Waals surface area contributed by atoms with E-state index in [2.05, 4.69) is 11.6 Å². The molecule has 0 N–H and O–H groups in total. The number of pyridine rings is 1. The van der Waals surface area contributed by atoms with Crippen molar-refractivity contribution >= 4 is 11.7 Å². The summed E-state index contributed by atoms with van der Waals surface area (Å²) in [6.07, 6.45) is 5.62. The van der Waals surface area contributed by atoms with Crippen LogP contribution >= 0.6 is 0 Å². The maximum atomic E-state index is 12.9. The molecule has 1 aliphatic rings. The van der Waals surface area contributed by atoms with Crippen molar-refractivity contribution < 1.29 is 9.18 Å². The SMILES string of the molecule is C=C1CCCCCC(=O)N(c2ccc(F)cn2)C1. The largest absolute Gasteiger partial charge is 0.293 e. The summed E-state index contributed by atoms with van der Waals surface area (Å²) in [7, 11) is 0. The first kappa shape index (κ1) is 12.7. The van der Waals surface area contributed by atoms with E-state index in [1.54, 1.807) is 11.0 Å². The smallest absolute Gasteiger partial charge is 0.228 e. The second-order valence-electron chi connectivity index (χ2n) is 4.63. The van der Waals surface area contributed by atoms with Gasteiger partial charge in [-0.2, -0.15) is 0 Å². The summed E-state index contributed by atoms with van der Waals surface area (Å²) in [4.78, 5) is 17.7. The topological polar surface area (TPSA) is 33.2 Å². The Balaban J connectivity index is 2.22. The zero-order valence-corrected chi connectivity index (χ0v) is 10.4. The van der Waals surface area contributed by atoms with Gasteiger partial charge in [0.1, 0.15) is 11.6 Å². The van der Waals surface area contributed by atoms with E-state index in [9.17, 15) is 9.18 Å². The molecule has 96 valence electrons. The Bertz CT molecular complexity index is 442. The van der Waals surface area contributed by atoms with Gasteiger partial charge in [0.2, 0.25) is 5.91 Å². The molecule has 1 aromatic heterocycles. The molecule has 0 bridgehead atoms. The van der Waals surface area contributed by atoms with E-state index in [-0.39, 0.29) is 5.91 Å². The van der Waals surface area contributed by atoms with Gasteiger partial charge in [-0.1, -0.05) is 18.6 Å². The van der Waals surface area contributed by atoms with Gasteiger partial charge in [0.15, 0.2) is 0 Å². The fraction of sp³-hybridized carbons (Fsp3) is 0.429. The van der Waals surface area contributed by atoms with Crippen LogP contribution in [0.4, 0.5) is 10.2 Å². The summed E-state index contributed by atoms with van der Waals surface area (Å²) in [6.45, 7) is 4.47. The average Bonchev–Trinajstić information content (AvgIpc) is 2.43. The van der Waals surface area contributed by atoms with Crippen LogP contribution in [0.2, 0.25) is 0 Å². The zero-order chi connectivity index (χ0) is 13.0. The lowest BCUT2D eigenvalue weighted by atomic mass is 10.1. The molecule has 0 unspecified atom stereocenters. The number of anilines is 1. The molecule has 0 atom stereocenters. The summed E-state index contributed by atoms with van der Waals surface area (Å²) in [5.41, 5.74) is 1.02. The lowest BCUT2D eigenvalue weighted by Crippen LogP contribution is -2.32. The normalized spacial score (nSPS) is 18.2. The van der Waals surface area contributed by atoms with E-state index in [0.29, 0.717) is 18.8 Å². The monoisotopic (exact) mass is 248 g/mol. The Labute approximate surface area is 106 Å². The van der Waals surface area contributed by atoms with E-state index >= 15 is 0 Å². The van der Waals surface area contributed by atoms with Crippen molar-refractivity contribution in [3.8, 4) is 0 Å². The van der Waals surface area contributed by atoms with Crippen molar-refractivity contribution in [3.05, 3.63) is 36.3 Å². The number of amides is 1. The molecule has 2 rings (SSSR count). The summed E-state index contributed by atoms with van der Waals surface area (Å²) >= 11 is 0. The number of nitrogens with zero attached hydrogens (tertiary/aromatic N) is 2. The third-order valence-corrected chi connectivity index (χ3v) is 3.09. The van der Waals surface area contributed by atoms with Gasteiger partial charge in [0.05, 0.1) is 6.20 Å². The van der Waals surface area contributed by atoms with Crippen LogP contribution in [0.15, 0.2) is 30.5 Å². The van der Waals surface area contributed by atoms with E-state index in [1.165, 1.54) is 6.07 Å². The van der Waals surface area contributed by atoms with Crippen LogP contribution in [0.3, 0.4) is 0 Å². The minimum atomic E-state index is -0.394. The van der Waals surface area contributed by atoms with Crippen molar-refractivity contribution in [2.24, 2.45) is 0 Å². The van der Waals surface area contributed by atoms with Crippen LogP contribution < -0.4 is 4.90 Å². The van der Waals surface area contributed by atoms with Gasteiger partial charge in [-0.25, -0.2) is 9.37 Å². The number of aromatic nitrogens is 1. The zero-order valence-electron chi connectivity index (χ0n) is 10.4. The molecule has 0 saturated carbocycles. The molecule has 1 saturated heterocycles. The summed E-state index contributed by atoms with van der Waals surface area (Å²) < 4.78 is 12.9. The standard InChI is InChI=1S/C14H17FN2O/c1-11-5-3-2-4-6-14(18)17(10-11)13-8-7-12(15)9-16-13/h7-9H,1-6,10H2. The maximum absolute atomic E-state index is 12.9. The molecule has 0 aromatic carbocycles. The third-order valence-electron chi connectivity index (χ3n) is 3.09. The number of hydrogen-bond donors (Lipinski definition) is 0. The number of carbonyl (C=O) groups excluding carboxylic acids is 1. The molecule has 0 aliphatic carbocycles. The van der Waals surface area contributed by atoms with Gasteiger partial charge >= 0.3 is 0 Å². The van der Waals surface area contributed by atoms with E-state index < -0.39 is 5.82 Å². The predicted molar refractivity (Wildman–Crippen MR) is 68.8 cm³/mol. The van der Waals surface area contributed by atoms with Crippen molar-refractivity contribution in [1.29, 1.82) is 0 Å². The Morgan fingerprint density at radius 2 is 2.00 bits per heavy atom. The lowest BCUT2D eigenvalue weighted by molar-refractivity contribution is -0.118. The van der Waals surface area contributed by atoms with Crippen LogP contribution in [-0.2, 0) is 4.79 Å². The van der Waals surface area contributed by atoms with E-state index in [4.69, 9.17) is 0 Å². The highest BCUT2D eigenvalue weighted by Gasteiger charge is 2.18. The average molecular weight is 248 g/mol. The number of carbonyl (C=O) groups is 1. The first-order valence-electron chi connectivity index (χ1n) is 6.25. The molecular weight excluding hydrogens is 231 g/mol. The molecule has 3 nitrogen and oxygen atoms in total. The molecule has 1 aliphatic heterocycles. The van der Waals surface area contributed by atoms with Crippen molar-refractivity contribution in [1.82, 2.24) is 4.98 Å². The molecule has 0 radical (unpaired) electrons. The van der Waals surface area contributed by atoms with Crippen LogP contribution in [0, 0.1) is 5.82 Å². The van der Waals surface area contributed by atoms with Crippen molar-refractivity contribution in [3.63, 3.8) is 0 Å². The maximum Gasteiger partial charge on any atom is 0.228 e. The first-order valence-corrected chi connectivity index (χ1v) is 6.25. The first-order chi connectivity index (χ1) is 8.66. The minimum absolute atomic E-state index is 0.0390. The lowest BCUT2D eigenvalue weighted by Gasteiger charge is -2.21. The van der Waals surface area contributed by atoms with Gasteiger partial charge in [-0.15, -0.1) is 0 Å². The third kappa shape index (κ3) is 3.15. The Kier molecular flexibility index (Phi) is 4.07. The number of halogens is 1. The Morgan fingerprint density at radius 3 is 2.72 bits per heavy atom. The highest BCUT2D eigenvalue weighted by Crippen LogP contribution is 2.20. The van der Waals surface area contributed by atoms with Gasteiger partial charge in [-0.3, -0.25) is 9.69 Å². The quantitative estimate of drug-likeness (QED) is 0.715. The van der Waals surface area contributed by atoms with Crippen LogP contribution in [-0.4, -0.2) is 17.4 Å². The molecule has 1 amide bonds. The van der Waals surface area contributed by atoms with E-state index in [1.807, 2.05) is 0 Å². The van der Waals surface area contributed by atoms with Crippen LogP contribution in [0.25, 0.3) is 0 Å². The van der Waals surface area contributed by atoms with Crippen molar-refractivity contribution in [2.45, 2.75) is 32.1 Å². The molecular formula is C14H17FN2O. The molecule has 2 heterocycles. The van der Waals surface area contributed by atoms with Gasteiger partial charge in [-0.05, 0) is 31.4 Å². The Morgan fingerprint density at radius 1 is 1.22 bits per heavy atom. The predicted octanol–water partition coefficient (Wildman–Crippen LogP) is 3.07. The van der Waals surface area contributed by atoms with E-state index in [0.717, 1.165) is 37.5 Å². The van der Waals surface area contributed by atoms with Crippen LogP contribution in [0.1, 0.15) is 32.1 Å². The van der Waals surface area contributed by atoms with Crippen molar-refractivity contribution in [2.75, 3.05) is 11.4 Å². The molecule has 0 spiro atoms. The Hall–Kier alpha value is -1.71. The fourth-order valence-corrected chi connectivity index (χ4v) is 2.09. The van der Waals surface area contributed by atoms with Gasteiger partial charge in [0.25, 0.3) is 0 Å². The number of hydrogen-bond acceptors (Lipinski definition) is 2. The molecule has 4 heteroatoms. The molecule has 1 fully saturated rings. The second-order valence-corrected chi connectivity index (χ2v) is 4.63. The molecule has 18 heavy (non-hydrogen) atoms. The number of rotatable bonds is 1. The van der Waals surface area contributed by atoms with Gasteiger partial charge < -0.3 is 0 Å². The summed E-state index contributed by atoms with van der Waals surface area (Å²) in [5.74, 6) is 0.149. The molecule has 1 aromatic rings. The minimum Gasteiger partial charge on any atom is -0.293 e. The highest BCUT2D eigenvalue weighted by molar-refractivity contribution is 5.92.